The van der Waals surface area contributed by atoms with Crippen molar-refractivity contribution in [2.24, 2.45) is 0 Å². The second kappa shape index (κ2) is 7.11. The van der Waals surface area contributed by atoms with Gasteiger partial charge in [0.15, 0.2) is 0 Å². The molecule has 5 nitrogen and oxygen atoms in total. The Balaban J connectivity index is 2.55. The average molecular weight is 268 g/mol. The van der Waals surface area contributed by atoms with Crippen LogP contribution in [0, 0.1) is 25.2 Å². The first-order valence-corrected chi connectivity index (χ1v) is 6.28. The predicted molar refractivity (Wildman–Crippen MR) is 69.8 cm³/mol. The number of carbonyl (C=O) groups is 1. The molecule has 0 aliphatic rings. The second-order valence-electron chi connectivity index (χ2n) is 3.69. The highest BCUT2D eigenvalue weighted by Gasteiger charge is 2.14. The lowest BCUT2D eigenvalue weighted by molar-refractivity contribution is -0.121. The maximum Gasteiger partial charge on any atom is 0.251 e. The van der Waals surface area contributed by atoms with Crippen molar-refractivity contribution in [1.82, 2.24) is 0 Å². The Labute approximate surface area is 110 Å². The number of ether oxygens (including phenoxy) is 2. The number of hydrogen-bond acceptors (Lipinski definition) is 5. The fourth-order valence-corrected chi connectivity index (χ4v) is 2.35. The molecule has 0 unspecified atom stereocenters. The van der Waals surface area contributed by atoms with E-state index in [2.05, 4.69) is 11.4 Å². The van der Waals surface area contributed by atoms with E-state index in [1.54, 1.807) is 7.11 Å². The van der Waals surface area contributed by atoms with Gasteiger partial charge in [-0.2, -0.15) is 5.26 Å². The van der Waals surface area contributed by atoms with Crippen molar-refractivity contribution in [2.75, 3.05) is 32.2 Å². The van der Waals surface area contributed by atoms with Crippen LogP contribution in [0.1, 0.15) is 16.0 Å². The van der Waals surface area contributed by atoms with Gasteiger partial charge in [0, 0.05) is 12.0 Å². The van der Waals surface area contributed by atoms with Crippen molar-refractivity contribution in [3.05, 3.63) is 16.0 Å². The fraction of sp³-hybridized carbons (Fsp3) is 0.500. The topological polar surface area (TPSA) is 71.3 Å². The Morgan fingerprint density at radius 3 is 2.78 bits per heavy atom. The molecule has 0 aliphatic carbocycles. The van der Waals surface area contributed by atoms with Gasteiger partial charge in [0.2, 0.25) is 0 Å². The molecule has 0 aromatic carbocycles. The van der Waals surface area contributed by atoms with Crippen LogP contribution in [0.4, 0.5) is 5.00 Å². The van der Waals surface area contributed by atoms with Gasteiger partial charge in [-0.05, 0) is 19.4 Å². The maximum absolute atomic E-state index is 11.6. The highest BCUT2D eigenvalue weighted by atomic mass is 32.1. The van der Waals surface area contributed by atoms with Crippen molar-refractivity contribution < 1.29 is 14.3 Å². The quantitative estimate of drug-likeness (QED) is 0.799. The average Bonchev–Trinajstić information content (AvgIpc) is 2.60. The van der Waals surface area contributed by atoms with Crippen LogP contribution in [0.15, 0.2) is 0 Å². The summed E-state index contributed by atoms with van der Waals surface area (Å²) in [5, 5.41) is 12.3. The van der Waals surface area contributed by atoms with Gasteiger partial charge in [-0.25, -0.2) is 0 Å². The molecule has 1 aromatic rings. The first kappa shape index (κ1) is 14.6. The minimum atomic E-state index is -0.260. The summed E-state index contributed by atoms with van der Waals surface area (Å²) in [7, 11) is 1.57. The van der Waals surface area contributed by atoms with Crippen molar-refractivity contribution >= 4 is 22.2 Å². The van der Waals surface area contributed by atoms with Gasteiger partial charge in [-0.15, -0.1) is 11.3 Å². The minimum Gasteiger partial charge on any atom is -0.382 e. The zero-order chi connectivity index (χ0) is 13.5. The van der Waals surface area contributed by atoms with E-state index in [1.165, 1.54) is 11.3 Å². The smallest absolute Gasteiger partial charge is 0.251 e. The number of hydrogen-bond donors (Lipinski definition) is 1. The van der Waals surface area contributed by atoms with Crippen LogP contribution in [-0.2, 0) is 14.3 Å². The van der Waals surface area contributed by atoms with Crippen LogP contribution >= 0.6 is 11.3 Å². The number of nitrogens with one attached hydrogen (secondary N) is 1. The number of thiophene rings is 1. The van der Waals surface area contributed by atoms with E-state index in [0.29, 0.717) is 23.8 Å². The lowest BCUT2D eigenvalue weighted by atomic mass is 10.2. The molecular weight excluding hydrogens is 252 g/mol. The standard InChI is InChI=1S/C12H16N2O3S/c1-8-9(2)18-12(10(8)6-13)14-11(15)7-17-5-4-16-3/h4-5,7H2,1-3H3,(H,14,15). The number of aryl methyl sites for hydroxylation is 1. The Morgan fingerprint density at radius 1 is 1.44 bits per heavy atom. The second-order valence-corrected chi connectivity index (χ2v) is 4.92. The van der Waals surface area contributed by atoms with Crippen molar-refractivity contribution in [3.63, 3.8) is 0 Å². The molecule has 0 fully saturated rings. The molecule has 0 saturated carbocycles. The predicted octanol–water partition coefficient (Wildman–Crippen LogP) is 1.84. The Bertz CT molecular complexity index is 463. The molecular formula is C12H16N2O3S. The van der Waals surface area contributed by atoms with Crippen molar-refractivity contribution in [2.45, 2.75) is 13.8 Å². The lowest BCUT2D eigenvalue weighted by Gasteiger charge is -2.04. The lowest BCUT2D eigenvalue weighted by Crippen LogP contribution is -2.19. The fourth-order valence-electron chi connectivity index (χ4n) is 1.32. The summed E-state index contributed by atoms with van der Waals surface area (Å²) in [5.41, 5.74) is 1.45. The summed E-state index contributed by atoms with van der Waals surface area (Å²) in [6, 6.07) is 2.10. The largest absolute Gasteiger partial charge is 0.382 e. The zero-order valence-electron chi connectivity index (χ0n) is 10.7. The Morgan fingerprint density at radius 2 is 2.17 bits per heavy atom. The Hall–Kier alpha value is -1.42. The SMILES string of the molecule is COCCOCC(=O)Nc1sc(C)c(C)c1C#N. The normalized spacial score (nSPS) is 10.1. The summed E-state index contributed by atoms with van der Waals surface area (Å²) in [6.07, 6.45) is 0. The molecule has 0 bridgehead atoms. The monoisotopic (exact) mass is 268 g/mol. The summed E-state index contributed by atoms with van der Waals surface area (Å²) in [6.45, 7) is 4.58. The number of anilines is 1. The molecule has 0 radical (unpaired) electrons. The van der Waals surface area contributed by atoms with Gasteiger partial charge in [0.25, 0.3) is 5.91 Å². The molecule has 18 heavy (non-hydrogen) atoms. The number of nitriles is 1. The number of rotatable bonds is 6. The molecule has 0 saturated heterocycles. The van der Waals surface area contributed by atoms with Crippen LogP contribution in [0.25, 0.3) is 0 Å². The number of nitrogens with zero attached hydrogens (tertiary/aromatic N) is 1. The van der Waals surface area contributed by atoms with E-state index < -0.39 is 0 Å². The summed E-state index contributed by atoms with van der Waals surface area (Å²) < 4.78 is 9.90. The van der Waals surface area contributed by atoms with Gasteiger partial charge in [0.1, 0.15) is 17.7 Å². The molecule has 0 spiro atoms. The molecule has 1 rings (SSSR count). The van der Waals surface area contributed by atoms with E-state index >= 15 is 0 Å². The first-order chi connectivity index (χ1) is 8.60. The third-order valence-electron chi connectivity index (χ3n) is 2.42. The summed E-state index contributed by atoms with van der Waals surface area (Å²) in [4.78, 5) is 12.6. The minimum absolute atomic E-state index is 0.0375. The maximum atomic E-state index is 11.6. The van der Waals surface area contributed by atoms with Crippen molar-refractivity contribution in [1.29, 1.82) is 5.26 Å². The van der Waals surface area contributed by atoms with Crippen LogP contribution in [-0.4, -0.2) is 32.8 Å². The number of carbonyl (C=O) groups excluding carboxylic acids is 1. The number of amides is 1. The first-order valence-electron chi connectivity index (χ1n) is 5.46. The third kappa shape index (κ3) is 3.81. The van der Waals surface area contributed by atoms with E-state index in [-0.39, 0.29) is 12.5 Å². The molecule has 1 N–H and O–H groups in total. The molecule has 1 heterocycles. The molecule has 98 valence electrons. The Kier molecular flexibility index (Phi) is 5.78. The zero-order valence-corrected chi connectivity index (χ0v) is 11.5. The van der Waals surface area contributed by atoms with Crippen LogP contribution in [0.2, 0.25) is 0 Å². The van der Waals surface area contributed by atoms with Crippen LogP contribution in [0.3, 0.4) is 0 Å². The van der Waals surface area contributed by atoms with Gasteiger partial charge >= 0.3 is 0 Å². The van der Waals surface area contributed by atoms with Gasteiger partial charge in [0.05, 0.1) is 18.8 Å². The summed E-state index contributed by atoms with van der Waals surface area (Å²) >= 11 is 1.40. The van der Waals surface area contributed by atoms with Crippen molar-refractivity contribution in [3.8, 4) is 6.07 Å². The van der Waals surface area contributed by atoms with Crippen LogP contribution < -0.4 is 5.32 Å². The highest BCUT2D eigenvalue weighted by molar-refractivity contribution is 7.16. The van der Waals surface area contributed by atoms with Gasteiger partial charge in [-0.3, -0.25) is 4.79 Å². The van der Waals surface area contributed by atoms with Gasteiger partial charge in [-0.1, -0.05) is 0 Å². The molecule has 6 heteroatoms. The molecule has 1 aromatic heterocycles. The third-order valence-corrected chi connectivity index (χ3v) is 3.54. The van der Waals surface area contributed by atoms with E-state index in [0.717, 1.165) is 10.4 Å². The van der Waals surface area contributed by atoms with Crippen LogP contribution in [0.5, 0.6) is 0 Å². The molecule has 0 atom stereocenters. The molecule has 0 aliphatic heterocycles. The van der Waals surface area contributed by atoms with E-state index in [4.69, 9.17) is 14.7 Å². The number of methoxy groups -OCH3 is 1. The van der Waals surface area contributed by atoms with E-state index in [9.17, 15) is 4.79 Å². The highest BCUT2D eigenvalue weighted by Crippen LogP contribution is 2.31. The molecule has 1 amide bonds. The summed E-state index contributed by atoms with van der Waals surface area (Å²) in [5.74, 6) is -0.260. The van der Waals surface area contributed by atoms with Gasteiger partial charge < -0.3 is 14.8 Å². The van der Waals surface area contributed by atoms with E-state index in [1.807, 2.05) is 13.8 Å².